The Balaban J connectivity index is 0.000000136. The second-order valence-corrected chi connectivity index (χ2v) is 38.9. The van der Waals surface area contributed by atoms with Crippen LogP contribution in [0.5, 0.6) is 11.5 Å². The van der Waals surface area contributed by atoms with Crippen LogP contribution < -0.4 is 66.7 Å². The molecule has 3 saturated heterocycles. The Kier molecular flexibility index (Phi) is 34.8. The number of carbonyl (C=O) groups excluding carboxylic acids is 4. The number of likely N-dealkylation sites (N-methyl/N-ethyl adjacent to an activating group) is 3. The minimum Gasteiger partial charge on any atom is -0.493 e. The number of anilines is 11. The van der Waals surface area contributed by atoms with Gasteiger partial charge >= 0.3 is 0 Å². The molecule has 8 N–H and O–H groups in total. The Labute approximate surface area is 845 Å². The number of carbonyl (C=O) groups is 4. The van der Waals surface area contributed by atoms with Crippen LogP contribution in [0.25, 0.3) is 42.3 Å². The van der Waals surface area contributed by atoms with Gasteiger partial charge in [-0.3, -0.25) is 19.2 Å². The molecule has 3 fully saturated rings. The zero-order valence-corrected chi connectivity index (χ0v) is 83.9. The van der Waals surface area contributed by atoms with Gasteiger partial charge in [0.1, 0.15) is 18.1 Å². The highest BCUT2D eigenvalue weighted by atomic mass is 35.5. The lowest BCUT2D eigenvalue weighted by atomic mass is 10.1. The molecule has 0 radical (unpaired) electrons. The van der Waals surface area contributed by atoms with Crippen molar-refractivity contribution >= 4 is 144 Å². The predicted octanol–water partition coefficient (Wildman–Crippen LogP) is 20.0. The van der Waals surface area contributed by atoms with Gasteiger partial charge in [0.2, 0.25) is 23.8 Å². The topological polar surface area (TPSA) is 341 Å². The van der Waals surface area contributed by atoms with Gasteiger partial charge in [-0.25, -0.2) is 39.9 Å². The average Bonchev–Trinajstić information content (AvgIpc) is 1.70. The lowest BCUT2D eigenvalue weighted by Crippen LogP contribution is -2.36. The highest BCUT2D eigenvalue weighted by molar-refractivity contribution is 7.18. The normalized spacial score (nSPS) is 14.0. The lowest BCUT2D eigenvalue weighted by Gasteiger charge is -2.29. The first kappa shape index (κ1) is 100. The van der Waals surface area contributed by atoms with Gasteiger partial charge in [0, 0.05) is 140 Å². The van der Waals surface area contributed by atoms with E-state index in [1.165, 1.54) is 63.1 Å². The first-order valence-electron chi connectivity index (χ1n) is 46.4. The Morgan fingerprint density at radius 3 is 1.25 bits per heavy atom. The zero-order valence-electron chi connectivity index (χ0n) is 79.8. The number of aromatic nitrogens is 8. The molecule has 0 bridgehead atoms. The molecule has 31 nitrogen and oxygen atoms in total. The molecule has 3 aliphatic heterocycles. The van der Waals surface area contributed by atoms with Crippen molar-refractivity contribution in [3.63, 3.8) is 0 Å². The van der Waals surface area contributed by atoms with E-state index in [2.05, 4.69) is 184 Å². The van der Waals surface area contributed by atoms with E-state index in [-0.39, 0.29) is 29.7 Å². The van der Waals surface area contributed by atoms with Crippen molar-refractivity contribution < 1.29 is 42.2 Å². The molecule has 3 atom stereocenters. The molecule has 4 amide bonds. The van der Waals surface area contributed by atoms with Crippen LogP contribution in [0.3, 0.4) is 0 Å². The molecule has 36 heteroatoms. The second-order valence-electron chi connectivity index (χ2n) is 34.1. The molecule has 0 saturated carbocycles. The molecule has 13 heterocycles. The van der Waals surface area contributed by atoms with E-state index in [0.717, 1.165) is 147 Å². The van der Waals surface area contributed by atoms with Crippen LogP contribution in [0.1, 0.15) is 87.1 Å². The summed E-state index contributed by atoms with van der Waals surface area (Å²) < 4.78 is 27.3. The smallest absolute Gasteiger partial charge is 0.261 e. The molecule has 3 aliphatic rings. The van der Waals surface area contributed by atoms with E-state index in [1.807, 2.05) is 197 Å². The van der Waals surface area contributed by atoms with Crippen LogP contribution >= 0.6 is 56.9 Å². The summed E-state index contributed by atoms with van der Waals surface area (Å²) in [7, 11) is 14.2. The molecule has 0 spiro atoms. The number of thiophene rings is 4. The minimum atomic E-state index is -0.144. The zero-order chi connectivity index (χ0) is 98.6. The van der Waals surface area contributed by atoms with E-state index < -0.39 is 0 Å². The van der Waals surface area contributed by atoms with Gasteiger partial charge in [0.25, 0.3) is 23.6 Å². The largest absolute Gasteiger partial charge is 0.493 e. The lowest BCUT2D eigenvalue weighted by molar-refractivity contribution is 0.0937. The van der Waals surface area contributed by atoms with Gasteiger partial charge in [-0.2, -0.15) is 0 Å². The van der Waals surface area contributed by atoms with Gasteiger partial charge < -0.3 is 95.0 Å². The van der Waals surface area contributed by atoms with Crippen molar-refractivity contribution in [1.82, 2.24) is 75.8 Å². The van der Waals surface area contributed by atoms with Gasteiger partial charge in [0.15, 0.2) is 11.5 Å². The molecule has 19 rings (SSSR count). The predicted molar refractivity (Wildman–Crippen MR) is 567 cm³/mol. The molecule has 6 aromatic carbocycles. The number of rotatable bonds is 34. The van der Waals surface area contributed by atoms with Crippen molar-refractivity contribution in [2.45, 2.75) is 57.5 Å². The molecule has 730 valence electrons. The number of nitrogens with one attached hydrogen (secondary N) is 8. The number of morpholine rings is 1. The van der Waals surface area contributed by atoms with E-state index in [1.54, 1.807) is 62.6 Å². The van der Waals surface area contributed by atoms with Crippen molar-refractivity contribution in [3.8, 4) is 53.8 Å². The van der Waals surface area contributed by atoms with Gasteiger partial charge in [-0.05, 0) is 249 Å². The summed E-state index contributed by atoms with van der Waals surface area (Å²) in [5.74, 6) is 4.19. The van der Waals surface area contributed by atoms with Crippen molar-refractivity contribution in [3.05, 3.63) is 327 Å². The molecule has 142 heavy (non-hydrogen) atoms. The summed E-state index contributed by atoms with van der Waals surface area (Å²) in [6.07, 6.45) is 12.4. The maximum atomic E-state index is 12.8. The number of methoxy groups -OCH3 is 1. The molecule has 10 aromatic heterocycles. The first-order chi connectivity index (χ1) is 69.2. The Morgan fingerprint density at radius 2 is 0.845 bits per heavy atom. The summed E-state index contributed by atoms with van der Waals surface area (Å²) in [6, 6.07) is 78.5. The summed E-state index contributed by atoms with van der Waals surface area (Å²) in [5.41, 5.74) is 12.1. The molecular weight excluding hydrogens is 1890 g/mol. The first-order valence-corrected chi connectivity index (χ1v) is 50.0. The second kappa shape index (κ2) is 49.4. The number of hydrogen-bond acceptors (Lipinski definition) is 31. The third-order valence-corrected chi connectivity index (χ3v) is 28.0. The number of ether oxygens (including phenoxy) is 3. The van der Waals surface area contributed by atoms with Crippen LogP contribution in [-0.4, -0.2) is 205 Å². The summed E-state index contributed by atoms with van der Waals surface area (Å²) >= 11 is 11.6. The fourth-order valence-electron chi connectivity index (χ4n) is 15.6. The number of hydrogen-bond donors (Lipinski definition) is 8. The maximum Gasteiger partial charge on any atom is 0.261 e. The number of furan rings is 2. The van der Waals surface area contributed by atoms with E-state index in [0.29, 0.717) is 110 Å². The highest BCUT2D eigenvalue weighted by Crippen LogP contribution is 2.37. The third kappa shape index (κ3) is 28.3. The minimum absolute atomic E-state index is 0.0876. The highest BCUT2D eigenvalue weighted by Gasteiger charge is 2.28. The average molecular weight is 2000 g/mol. The Bertz CT molecular complexity index is 6840. The number of amides is 4. The molecular formula is C106H111ClN22O9S4. The molecule has 2 unspecified atom stereocenters. The van der Waals surface area contributed by atoms with E-state index in [4.69, 9.17) is 39.6 Å². The Morgan fingerprint density at radius 1 is 0.430 bits per heavy atom. The Hall–Kier alpha value is -14.8. The third-order valence-electron chi connectivity index (χ3n) is 23.4. The van der Waals surface area contributed by atoms with Crippen molar-refractivity contribution in [2.24, 2.45) is 0 Å². The monoisotopic (exact) mass is 2000 g/mol. The van der Waals surface area contributed by atoms with Crippen LogP contribution in [0.15, 0.2) is 289 Å². The van der Waals surface area contributed by atoms with E-state index >= 15 is 0 Å². The molecule has 0 aliphatic carbocycles. The maximum absolute atomic E-state index is 12.8. The summed E-state index contributed by atoms with van der Waals surface area (Å²) in [4.78, 5) is 106. The van der Waals surface area contributed by atoms with Gasteiger partial charge in [-0.15, -0.1) is 45.3 Å². The van der Waals surface area contributed by atoms with Crippen LogP contribution in [0.2, 0.25) is 5.02 Å². The fraction of sp³-hybridized carbons (Fsp3) is 0.245. The van der Waals surface area contributed by atoms with Crippen LogP contribution in [0.4, 0.5) is 63.6 Å². The SMILES string of the molecule is CN(C)C1CCN(c2cccc(Nc3nccc(-c4ccc(C(=O)NCc5cccc(Cl)c5)s4)n3)c2)C1.CN(C)C1CCN(c2cccc(Nc3nccc(-c4ccc(C(=O)NCc5ccco5)s4)n3)c2)C1.COc1ccc(Nc2nccc(-c3ccc(C(=O)N[C@H](C)c4ccccc4)s3)n2)cc1OCCN(C)C.O=C(NCc1ccco1)c1ccc(-c2ccnc(Nc3cccc(N4CCOCC4)c3)n2)s1. The fourth-order valence-corrected chi connectivity index (χ4v) is 19.4. The van der Waals surface area contributed by atoms with E-state index in [9.17, 15) is 19.2 Å². The van der Waals surface area contributed by atoms with Crippen molar-refractivity contribution in [1.29, 1.82) is 0 Å². The van der Waals surface area contributed by atoms with Crippen molar-refractivity contribution in [2.75, 3.05) is 151 Å². The summed E-state index contributed by atoms with van der Waals surface area (Å²) in [6.45, 7) is 11.8. The van der Waals surface area contributed by atoms with Gasteiger partial charge in [0.05, 0.1) is 114 Å². The van der Waals surface area contributed by atoms with Crippen LogP contribution in [-0.2, 0) is 24.4 Å². The summed E-state index contributed by atoms with van der Waals surface area (Å²) in [5, 5.41) is 25.6. The quantitative estimate of drug-likeness (QED) is 0.0186. The van der Waals surface area contributed by atoms with Crippen LogP contribution in [0, 0.1) is 0 Å². The number of halogens is 1. The number of nitrogens with zero attached hydrogens (tertiary/aromatic N) is 14. The standard InChI is InChI=1S/C28H29ClN6OS.C28H31N5O3S.C26H28N6O2S.C24H23N5O3S/c1-34(2)23-12-14-35(18-23)22-8-4-7-21(16-22)32-28-30-13-11-24(33-28)25-9-10-26(37-25)27(36)31-17-19-5-3-6-20(29)15-19;1-19(20-8-6-5-7-9-20)30-27(34)26-13-12-25(37-26)22-14-15-29-28(32-22)31-21-10-11-23(35-4)24(18-21)36-17-16-33(2)3;1-31(2)20-11-13-32(17-20)19-6-3-5-18(15-19)29-26-27-12-10-22(30-26)23-8-9-24(35-23)25(33)28-16-21-7-4-14-34-21;30-23(26-16-19-5-2-12-32-19)22-7-6-21(33-22)20-8-9-25-24(28-20)27-17-3-1-4-18(15-17)29-10-13-31-14-11-29/h3-11,13,15-16,23H,12,14,17-18H2,1-2H3,(H,31,36)(H,30,32,33);5-15,18-19H,16-17H2,1-4H3,(H,30,34)(H,29,31,32);3-10,12,14-15,20H,11,13,16-17H2,1-2H3,(H,28,33)(H,27,29,30);1-9,12,15H,10-11,13-14,16H2,(H,26,30)(H,25,27,28)/t;19-;;/m.1../s1. The number of benzene rings is 6. The van der Waals surface area contributed by atoms with Gasteiger partial charge in [-0.1, -0.05) is 72.3 Å². The molecule has 16 aromatic rings.